The van der Waals surface area contributed by atoms with Crippen LogP contribution in [-0.4, -0.2) is 54.1 Å². The zero-order valence-corrected chi connectivity index (χ0v) is 2.16. The predicted octanol–water partition coefficient (Wildman–Crippen LogP) is -0.694. The van der Waals surface area contributed by atoms with E-state index in [1.165, 1.54) is 0 Å². The molecule has 0 aliphatic carbocycles. The Morgan fingerprint density at radius 2 is 1.33 bits per heavy atom. The molecular formula is CH4CaNeO3. The van der Waals surface area contributed by atoms with Crippen molar-refractivity contribution < 1.29 is 21.2 Å². The molecule has 0 saturated carbocycles. The van der Waals surface area contributed by atoms with Crippen LogP contribution in [0.1, 0.15) is 0 Å². The van der Waals surface area contributed by atoms with Crippen molar-refractivity contribution in [2.24, 2.45) is 0 Å². The summed E-state index contributed by atoms with van der Waals surface area (Å²) in [5.41, 5.74) is 0. The minimum absolute atomic E-state index is 0. The van der Waals surface area contributed by atoms with Crippen molar-refractivity contribution in [1.29, 1.82) is 0 Å². The molecule has 0 aromatic rings. The maximum Gasteiger partial charge on any atom is 0 e. The molecule has 0 radical (unpaired) electrons. The van der Waals surface area contributed by atoms with E-state index in [1.807, 2.05) is 0 Å². The second-order valence-corrected chi connectivity index (χ2v) is 0.283. The molecule has 0 rings (SSSR count). The molecule has 0 bridgehead atoms. The molecule has 36 valence electrons. The Hall–Kier alpha value is 0.439. The van der Waals surface area contributed by atoms with E-state index in [9.17, 15) is 0 Å². The Morgan fingerprint density at radius 3 is 1.33 bits per heavy atom. The van der Waals surface area contributed by atoms with Crippen LogP contribution in [0.15, 0.2) is 0 Å². The fraction of sp³-hybridized carbons (Fsp3) is 0. The first kappa shape index (κ1) is 16.1. The smallest absolute Gasteiger partial charge is 0 e. The predicted molar refractivity (Wildman–Crippen MR) is 19.2 cm³/mol. The summed E-state index contributed by atoms with van der Waals surface area (Å²) in [6, 6.07) is 0. The van der Waals surface area contributed by atoms with Crippen LogP contribution < -0.4 is 0 Å². The molecule has 0 aliphatic rings. The average molecular weight is 124 g/mol. The van der Waals surface area contributed by atoms with Crippen molar-refractivity contribution in [2.75, 3.05) is 0 Å². The van der Waals surface area contributed by atoms with Crippen LogP contribution in [0.25, 0.3) is 0 Å². The quantitative estimate of drug-likeness (QED) is 0.420. The maximum atomic E-state index is 8.56. The summed E-state index contributed by atoms with van der Waals surface area (Å²) >= 11 is 0. The topological polar surface area (TPSA) is 57.5 Å². The molecule has 5 heteroatoms. The van der Waals surface area contributed by atoms with Crippen LogP contribution >= 0.6 is 0 Å². The Kier molecular flexibility index (Phi) is 24.3. The molecule has 0 saturated heterocycles. The third kappa shape index (κ3) is 273. The van der Waals surface area contributed by atoms with E-state index >= 15 is 0 Å². The van der Waals surface area contributed by atoms with Gasteiger partial charge in [0.1, 0.15) is 0 Å². The average Bonchev–Trinajstić information content (AvgIpc) is 0.811. The maximum absolute atomic E-state index is 8.56. The van der Waals surface area contributed by atoms with Gasteiger partial charge < -0.3 is 10.2 Å². The molecule has 0 heterocycles. The van der Waals surface area contributed by atoms with E-state index in [2.05, 4.69) is 0 Å². The zero-order valence-electron chi connectivity index (χ0n) is 2.16. The van der Waals surface area contributed by atoms with E-state index in [0.717, 1.165) is 0 Å². The molecule has 6 heavy (non-hydrogen) atoms. The normalized spacial score (nSPS) is 4.00. The van der Waals surface area contributed by atoms with Gasteiger partial charge in [-0.25, -0.2) is 4.79 Å². The molecule has 2 N–H and O–H groups in total. The number of carboxylic acid groups (broad SMARTS) is 2. The molecule has 0 unspecified atom stereocenters. The van der Waals surface area contributed by atoms with Gasteiger partial charge >= 0.3 is 43.9 Å². The summed E-state index contributed by atoms with van der Waals surface area (Å²) in [6.45, 7) is 0. The number of hydrogen-bond acceptors (Lipinski definition) is 1. The van der Waals surface area contributed by atoms with Gasteiger partial charge in [0.15, 0.2) is 0 Å². The van der Waals surface area contributed by atoms with Crippen molar-refractivity contribution in [3.05, 3.63) is 0 Å². The minimum Gasteiger partial charge on any atom is 0 e. The summed E-state index contributed by atoms with van der Waals surface area (Å²) in [7, 11) is 0. The molecule has 0 aromatic heterocycles. The Labute approximate surface area is 64.7 Å². The molecular weight excluding hydrogens is 120 g/mol. The molecule has 0 atom stereocenters. The Morgan fingerprint density at radius 1 is 1.33 bits per heavy atom. The van der Waals surface area contributed by atoms with Crippen LogP contribution in [0, 0.1) is 6.15 Å². The molecule has 0 aliphatic heterocycles. The van der Waals surface area contributed by atoms with Crippen LogP contribution in [0.2, 0.25) is 0 Å². The molecule has 0 aromatic carbocycles. The van der Waals surface area contributed by atoms with Crippen LogP contribution in [0.5, 0.6) is 0 Å². The van der Waals surface area contributed by atoms with E-state index in [1.54, 1.807) is 0 Å². The van der Waals surface area contributed by atoms with Crippen LogP contribution in [0.3, 0.4) is 0 Å². The first-order chi connectivity index (χ1) is 1.73. The summed E-state index contributed by atoms with van der Waals surface area (Å²) in [5.74, 6) is 0. The standard InChI is InChI=1S/CH2O3.Ca.Ne.2H/c2-1(3)4;;;;/h(H2,2,3,4);;;;. The first-order valence-electron chi connectivity index (χ1n) is 0.651. The van der Waals surface area contributed by atoms with Crippen molar-refractivity contribution in [3.63, 3.8) is 0 Å². The fourth-order valence-corrected chi connectivity index (χ4v) is 0. The van der Waals surface area contributed by atoms with Crippen molar-refractivity contribution >= 4 is 43.9 Å². The third-order valence-electron chi connectivity index (χ3n) is 0. The van der Waals surface area contributed by atoms with Gasteiger partial charge in [-0.2, -0.15) is 0 Å². The summed E-state index contributed by atoms with van der Waals surface area (Å²) in [5, 5.41) is 13.9. The van der Waals surface area contributed by atoms with E-state index in [-0.39, 0.29) is 43.9 Å². The molecule has 3 nitrogen and oxygen atoms in total. The molecule has 0 fully saturated rings. The van der Waals surface area contributed by atoms with Crippen molar-refractivity contribution in [1.82, 2.24) is 0 Å². The number of hydrogen-bond donors (Lipinski definition) is 2. The van der Waals surface area contributed by atoms with Gasteiger partial charge in [0.05, 0.1) is 0 Å². The number of rotatable bonds is 0. The summed E-state index contributed by atoms with van der Waals surface area (Å²) < 4.78 is 0. The SMILES string of the molecule is O=C(O)O.[CaH2].[Ne]. The first-order valence-corrected chi connectivity index (χ1v) is 0.651. The van der Waals surface area contributed by atoms with Gasteiger partial charge in [-0.1, -0.05) is 0 Å². The zero-order chi connectivity index (χ0) is 3.58. The fourth-order valence-electron chi connectivity index (χ4n) is 0. The Bertz CT molecular complexity index is 33.8. The monoisotopic (exact) mass is 124 g/mol. The largest absolute Gasteiger partial charge is 0 e. The Balaban J connectivity index is -0.0000000450. The van der Waals surface area contributed by atoms with Crippen LogP contribution in [-0.2, 0) is 0 Å². The van der Waals surface area contributed by atoms with E-state index in [0.29, 0.717) is 0 Å². The van der Waals surface area contributed by atoms with Crippen LogP contribution in [0.4, 0.5) is 4.79 Å². The molecule has 0 amide bonds. The van der Waals surface area contributed by atoms with Crippen molar-refractivity contribution in [3.8, 4) is 0 Å². The van der Waals surface area contributed by atoms with E-state index in [4.69, 9.17) is 15.0 Å². The van der Waals surface area contributed by atoms with Gasteiger partial charge in [0.25, 0.3) is 0 Å². The van der Waals surface area contributed by atoms with Gasteiger partial charge in [0.2, 0.25) is 0 Å². The summed E-state index contributed by atoms with van der Waals surface area (Å²) in [6.07, 6.45) is -1.83. The second-order valence-electron chi connectivity index (χ2n) is 0.283. The van der Waals surface area contributed by atoms with Crippen molar-refractivity contribution in [2.45, 2.75) is 0 Å². The summed E-state index contributed by atoms with van der Waals surface area (Å²) in [4.78, 5) is 8.56. The van der Waals surface area contributed by atoms with Gasteiger partial charge in [-0.05, 0) is 0 Å². The van der Waals surface area contributed by atoms with Gasteiger partial charge in [-0.3, -0.25) is 0 Å². The van der Waals surface area contributed by atoms with Gasteiger partial charge in [0, 0.05) is 6.15 Å². The minimum atomic E-state index is -1.83. The molecule has 0 spiro atoms. The third-order valence-corrected chi connectivity index (χ3v) is 0. The van der Waals surface area contributed by atoms with Gasteiger partial charge in [-0.15, -0.1) is 0 Å². The van der Waals surface area contributed by atoms with E-state index < -0.39 is 6.16 Å². The second kappa shape index (κ2) is 9.06. The number of carbonyl (C=O) groups is 1.